The molecule has 2 aromatic rings. The maximum Gasteiger partial charge on any atom is 0.249 e. The number of rotatable bonds is 4. The Hall–Kier alpha value is -1.56. The summed E-state index contributed by atoms with van der Waals surface area (Å²) in [6.45, 7) is 11.1. The van der Waals surface area contributed by atoms with Crippen LogP contribution in [-0.2, 0) is 22.9 Å². The SMILES string of the molecule is C=C1C(C)(C)[C@@H]2CC[C@@]1(SNS(=O)(=O)c1ccc(C)cc1)C21Cc2ccccc2C1. The zero-order chi connectivity index (χ0) is 21.4. The topological polar surface area (TPSA) is 46.2 Å². The van der Waals surface area contributed by atoms with Gasteiger partial charge in [0.25, 0.3) is 0 Å². The largest absolute Gasteiger partial charge is 0.249 e. The van der Waals surface area contributed by atoms with E-state index in [1.165, 1.54) is 28.6 Å². The summed E-state index contributed by atoms with van der Waals surface area (Å²) < 4.78 is 28.8. The minimum Gasteiger partial charge on any atom is -0.206 e. The lowest BCUT2D eigenvalue weighted by Gasteiger charge is -2.41. The molecule has 0 unspecified atom stereocenters. The quantitative estimate of drug-likeness (QED) is 0.509. The summed E-state index contributed by atoms with van der Waals surface area (Å²) in [6.07, 6.45) is 4.12. The Bertz CT molecular complexity index is 1110. The maximum atomic E-state index is 13.1. The molecule has 1 N–H and O–H groups in total. The third kappa shape index (κ3) is 2.58. The molecule has 30 heavy (non-hydrogen) atoms. The predicted molar refractivity (Wildman–Crippen MR) is 124 cm³/mol. The van der Waals surface area contributed by atoms with Gasteiger partial charge in [0.15, 0.2) is 0 Å². The Morgan fingerprint density at radius 3 is 2.23 bits per heavy atom. The smallest absolute Gasteiger partial charge is 0.206 e. The molecule has 0 saturated heterocycles. The molecule has 5 heteroatoms. The summed E-state index contributed by atoms with van der Waals surface area (Å²) >= 11 is 1.42. The van der Waals surface area contributed by atoms with Crippen LogP contribution in [0.5, 0.6) is 0 Å². The third-order valence-electron chi connectivity index (χ3n) is 8.18. The van der Waals surface area contributed by atoms with Gasteiger partial charge >= 0.3 is 0 Å². The lowest BCUT2D eigenvalue weighted by molar-refractivity contribution is 0.160. The first-order valence-corrected chi connectivity index (χ1v) is 13.0. The zero-order valence-corrected chi connectivity index (χ0v) is 19.5. The summed E-state index contributed by atoms with van der Waals surface area (Å²) in [6, 6.07) is 15.8. The van der Waals surface area contributed by atoms with Gasteiger partial charge in [0.2, 0.25) is 10.0 Å². The monoisotopic (exact) mass is 439 g/mol. The number of benzene rings is 2. The second kappa shape index (κ2) is 6.47. The Morgan fingerprint density at radius 1 is 1.03 bits per heavy atom. The average molecular weight is 440 g/mol. The summed E-state index contributed by atoms with van der Waals surface area (Å²) in [7, 11) is -3.60. The van der Waals surface area contributed by atoms with Crippen LogP contribution in [-0.4, -0.2) is 13.2 Å². The number of hydrogen-bond acceptors (Lipinski definition) is 3. The van der Waals surface area contributed by atoms with Gasteiger partial charge < -0.3 is 0 Å². The van der Waals surface area contributed by atoms with Crippen LogP contribution in [0.25, 0.3) is 0 Å². The minimum absolute atomic E-state index is 0.00257. The zero-order valence-electron chi connectivity index (χ0n) is 17.9. The summed E-state index contributed by atoms with van der Waals surface area (Å²) in [5, 5.41) is 0. The van der Waals surface area contributed by atoms with Crippen LogP contribution in [0.1, 0.15) is 43.4 Å². The van der Waals surface area contributed by atoms with E-state index < -0.39 is 10.0 Å². The second-order valence-corrected chi connectivity index (χ2v) is 12.9. The fourth-order valence-electron chi connectivity index (χ4n) is 6.67. The van der Waals surface area contributed by atoms with Crippen LogP contribution in [0.15, 0.2) is 65.6 Å². The summed E-state index contributed by atoms with van der Waals surface area (Å²) in [5.74, 6) is 0.515. The van der Waals surface area contributed by atoms with Crippen LogP contribution in [0, 0.1) is 23.7 Å². The highest BCUT2D eigenvalue weighted by Gasteiger charge is 2.73. The molecular weight excluding hydrogens is 410 g/mol. The molecule has 0 aliphatic heterocycles. The molecule has 1 spiro atoms. The van der Waals surface area contributed by atoms with Crippen molar-refractivity contribution in [2.24, 2.45) is 16.7 Å². The number of sulfonamides is 1. The number of hydrogen-bond donors (Lipinski definition) is 1. The van der Waals surface area contributed by atoms with Gasteiger partial charge in [-0.05, 0) is 67.2 Å². The lowest BCUT2D eigenvalue weighted by Crippen LogP contribution is -2.43. The van der Waals surface area contributed by atoms with Gasteiger partial charge in [0, 0.05) is 5.41 Å². The van der Waals surface area contributed by atoms with Crippen molar-refractivity contribution in [2.45, 2.75) is 56.1 Å². The van der Waals surface area contributed by atoms with Crippen molar-refractivity contribution in [3.05, 3.63) is 77.4 Å². The summed E-state index contributed by atoms with van der Waals surface area (Å²) in [4.78, 5) is 0.318. The van der Waals surface area contributed by atoms with Crippen molar-refractivity contribution in [1.29, 1.82) is 0 Å². The van der Waals surface area contributed by atoms with Gasteiger partial charge in [-0.15, -0.1) is 0 Å². The predicted octanol–water partition coefficient (Wildman–Crippen LogP) is 5.45. The molecule has 2 bridgehead atoms. The molecule has 0 amide bonds. The molecule has 0 aromatic heterocycles. The molecule has 0 heterocycles. The highest BCUT2D eigenvalue weighted by atomic mass is 32.3. The molecule has 3 aliphatic carbocycles. The van der Waals surface area contributed by atoms with E-state index in [0.29, 0.717) is 10.8 Å². The Labute approximate surface area is 184 Å². The number of aryl methyl sites for hydroxylation is 1. The first-order valence-electron chi connectivity index (χ1n) is 10.7. The Kier molecular flexibility index (Phi) is 4.39. The van der Waals surface area contributed by atoms with E-state index >= 15 is 0 Å². The van der Waals surface area contributed by atoms with Crippen molar-refractivity contribution in [3.8, 4) is 0 Å². The molecule has 2 fully saturated rings. The van der Waals surface area contributed by atoms with Gasteiger partial charge in [0.1, 0.15) is 0 Å². The Morgan fingerprint density at radius 2 is 1.63 bits per heavy atom. The van der Waals surface area contributed by atoms with Crippen molar-refractivity contribution in [1.82, 2.24) is 4.13 Å². The van der Waals surface area contributed by atoms with Crippen molar-refractivity contribution >= 4 is 22.0 Å². The van der Waals surface area contributed by atoms with Crippen LogP contribution in [0.3, 0.4) is 0 Å². The highest BCUT2D eigenvalue weighted by Crippen LogP contribution is 2.77. The van der Waals surface area contributed by atoms with Gasteiger partial charge in [-0.3, -0.25) is 0 Å². The molecule has 3 aliphatic rings. The van der Waals surface area contributed by atoms with Crippen molar-refractivity contribution in [2.75, 3.05) is 0 Å². The van der Waals surface area contributed by atoms with Crippen LogP contribution < -0.4 is 4.13 Å². The highest BCUT2D eigenvalue weighted by molar-refractivity contribution is 8.10. The van der Waals surface area contributed by atoms with E-state index in [9.17, 15) is 8.42 Å². The van der Waals surface area contributed by atoms with Gasteiger partial charge in [0.05, 0.1) is 9.64 Å². The molecular formula is C25H29NO2S2. The molecule has 5 rings (SSSR count). The molecule has 3 nitrogen and oxygen atoms in total. The molecule has 2 aromatic carbocycles. The van der Waals surface area contributed by atoms with Gasteiger partial charge in [-0.2, -0.15) is 4.13 Å². The maximum absolute atomic E-state index is 13.1. The second-order valence-electron chi connectivity index (χ2n) is 9.90. The molecule has 0 radical (unpaired) electrons. The van der Waals surface area contributed by atoms with E-state index in [0.717, 1.165) is 31.2 Å². The van der Waals surface area contributed by atoms with Gasteiger partial charge in [-0.1, -0.05) is 79.9 Å². The van der Waals surface area contributed by atoms with Crippen LogP contribution >= 0.6 is 11.9 Å². The average Bonchev–Trinajstić information content (AvgIpc) is 3.28. The minimum atomic E-state index is -3.60. The molecule has 158 valence electrons. The first-order chi connectivity index (χ1) is 14.1. The van der Waals surface area contributed by atoms with E-state index in [1.807, 2.05) is 19.1 Å². The first kappa shape index (κ1) is 20.3. The fourth-order valence-corrected chi connectivity index (χ4v) is 9.65. The molecule has 2 saturated carbocycles. The third-order valence-corrected chi connectivity index (χ3v) is 11.5. The van der Waals surface area contributed by atoms with E-state index in [1.54, 1.807) is 12.1 Å². The standard InChI is InChI=1S/C25H29NO2S2/c1-17-9-11-21(12-10-17)30(27,28)26-29-25-14-13-22(23(3,4)18(25)2)24(25)15-19-7-5-6-8-20(19)16-24/h5-12,22,26H,2,13-16H2,1,3-4H3/t22-,25-/m0/s1. The normalized spacial score (nSPS) is 28.2. The van der Waals surface area contributed by atoms with E-state index in [2.05, 4.69) is 48.8 Å². The van der Waals surface area contributed by atoms with E-state index in [4.69, 9.17) is 0 Å². The lowest BCUT2D eigenvalue weighted by atomic mass is 9.69. The number of fused-ring (bicyclic) bond motifs is 1. The summed E-state index contributed by atoms with van der Waals surface area (Å²) in [5.41, 5.74) is 5.12. The van der Waals surface area contributed by atoms with Crippen molar-refractivity contribution in [3.63, 3.8) is 0 Å². The van der Waals surface area contributed by atoms with Crippen LogP contribution in [0.4, 0.5) is 0 Å². The molecule has 2 atom stereocenters. The van der Waals surface area contributed by atoms with E-state index in [-0.39, 0.29) is 15.6 Å². The fraction of sp³-hybridized carbons (Fsp3) is 0.440. The van der Waals surface area contributed by atoms with Crippen LogP contribution in [0.2, 0.25) is 0 Å². The van der Waals surface area contributed by atoms with Crippen molar-refractivity contribution < 1.29 is 8.42 Å². The Balaban J connectivity index is 1.52. The van der Waals surface area contributed by atoms with Gasteiger partial charge in [-0.25, -0.2) is 8.42 Å². The number of nitrogens with one attached hydrogen (secondary N) is 1.